The fraction of sp³-hybridized carbons (Fsp3) is 0.864. The molecule has 3 heterocycles. The average Bonchev–Trinajstić information content (AvgIpc) is 3.33. The van der Waals surface area contributed by atoms with E-state index in [0.29, 0.717) is 13.1 Å². The van der Waals surface area contributed by atoms with E-state index < -0.39 is 16.7 Å². The highest BCUT2D eigenvalue weighted by molar-refractivity contribution is 8.02. The molecule has 2 bridgehead atoms. The number of hydrogen-bond donors (Lipinski definition) is 3. The van der Waals surface area contributed by atoms with Crippen molar-refractivity contribution >= 4 is 29.5 Å². The molecule has 3 aliphatic rings. The van der Waals surface area contributed by atoms with Crippen molar-refractivity contribution in [1.29, 1.82) is 0 Å². The second kappa shape index (κ2) is 9.90. The predicted octanol–water partition coefficient (Wildman–Crippen LogP) is 1.68. The van der Waals surface area contributed by atoms with Crippen molar-refractivity contribution in [2.24, 2.45) is 11.8 Å². The Morgan fingerprint density at radius 1 is 1.23 bits per heavy atom. The Kier molecular flexibility index (Phi) is 7.71. The van der Waals surface area contributed by atoms with Crippen molar-refractivity contribution in [3.05, 3.63) is 0 Å². The first-order valence-corrected chi connectivity index (χ1v) is 12.4. The number of carbonyl (C=O) groups is 3. The lowest BCUT2D eigenvalue weighted by Crippen LogP contribution is -2.54. The molecular weight excluding hydrogens is 402 g/mol. The third-order valence-corrected chi connectivity index (χ3v) is 8.59. The SMILES string of the molecule is CCCNC(=O)[C@@H]1[C@@H]2CCC3(S2)C(C(=O)NC(C)C)N(CCCCCCO)C(=O)[C@H]13. The van der Waals surface area contributed by atoms with Gasteiger partial charge in [0.25, 0.3) is 0 Å². The van der Waals surface area contributed by atoms with Crippen molar-refractivity contribution in [2.45, 2.75) is 87.8 Å². The van der Waals surface area contributed by atoms with Crippen molar-refractivity contribution in [3.63, 3.8) is 0 Å². The fourth-order valence-electron chi connectivity index (χ4n) is 5.47. The van der Waals surface area contributed by atoms with E-state index in [0.717, 1.165) is 44.9 Å². The van der Waals surface area contributed by atoms with Crippen LogP contribution >= 0.6 is 11.8 Å². The molecule has 1 spiro atoms. The van der Waals surface area contributed by atoms with Gasteiger partial charge in [0.15, 0.2) is 0 Å². The van der Waals surface area contributed by atoms with Gasteiger partial charge in [-0.3, -0.25) is 14.4 Å². The summed E-state index contributed by atoms with van der Waals surface area (Å²) >= 11 is 1.72. The van der Waals surface area contributed by atoms with Crippen molar-refractivity contribution in [3.8, 4) is 0 Å². The van der Waals surface area contributed by atoms with E-state index in [1.807, 2.05) is 20.8 Å². The number of fused-ring (bicyclic) bond motifs is 1. The monoisotopic (exact) mass is 439 g/mol. The Bertz CT molecular complexity index is 658. The summed E-state index contributed by atoms with van der Waals surface area (Å²) in [5.74, 6) is -0.872. The minimum absolute atomic E-state index is 0.00158. The topological polar surface area (TPSA) is 98.7 Å². The number of rotatable bonds is 11. The highest BCUT2D eigenvalue weighted by atomic mass is 32.2. The van der Waals surface area contributed by atoms with Gasteiger partial charge in [-0.1, -0.05) is 19.8 Å². The zero-order chi connectivity index (χ0) is 21.9. The van der Waals surface area contributed by atoms with E-state index in [4.69, 9.17) is 5.11 Å². The molecule has 170 valence electrons. The summed E-state index contributed by atoms with van der Waals surface area (Å²) in [4.78, 5) is 41.6. The van der Waals surface area contributed by atoms with Gasteiger partial charge in [-0.15, -0.1) is 11.8 Å². The maximum absolute atomic E-state index is 13.6. The van der Waals surface area contributed by atoms with Crippen LogP contribution in [0.5, 0.6) is 0 Å². The van der Waals surface area contributed by atoms with Gasteiger partial charge in [0.2, 0.25) is 17.7 Å². The normalized spacial score (nSPS) is 32.0. The average molecular weight is 440 g/mol. The van der Waals surface area contributed by atoms with E-state index in [-0.39, 0.29) is 41.5 Å². The molecule has 2 unspecified atom stereocenters. The van der Waals surface area contributed by atoms with E-state index in [2.05, 4.69) is 10.6 Å². The molecule has 30 heavy (non-hydrogen) atoms. The van der Waals surface area contributed by atoms with Crippen LogP contribution in [0.2, 0.25) is 0 Å². The van der Waals surface area contributed by atoms with Crippen LogP contribution in [0.1, 0.15) is 65.7 Å². The maximum Gasteiger partial charge on any atom is 0.244 e. The van der Waals surface area contributed by atoms with Gasteiger partial charge in [-0.05, 0) is 46.0 Å². The van der Waals surface area contributed by atoms with Crippen LogP contribution in [0.15, 0.2) is 0 Å². The van der Waals surface area contributed by atoms with Gasteiger partial charge in [-0.25, -0.2) is 0 Å². The largest absolute Gasteiger partial charge is 0.396 e. The van der Waals surface area contributed by atoms with E-state index in [9.17, 15) is 14.4 Å². The first kappa shape index (κ1) is 23.4. The molecule has 0 aliphatic carbocycles. The van der Waals surface area contributed by atoms with Gasteiger partial charge in [-0.2, -0.15) is 0 Å². The number of carbonyl (C=O) groups excluding carboxylic acids is 3. The van der Waals surface area contributed by atoms with Crippen LogP contribution in [0.4, 0.5) is 0 Å². The molecule has 0 aromatic carbocycles. The summed E-state index contributed by atoms with van der Waals surface area (Å²) in [6.07, 6.45) is 5.95. The number of aliphatic hydroxyl groups excluding tert-OH is 1. The number of thioether (sulfide) groups is 1. The lowest BCUT2D eigenvalue weighted by molar-refractivity contribution is -0.140. The summed E-state index contributed by atoms with van der Waals surface area (Å²) < 4.78 is -0.486. The smallest absolute Gasteiger partial charge is 0.244 e. The summed E-state index contributed by atoms with van der Waals surface area (Å²) in [5, 5.41) is 15.1. The number of unbranched alkanes of at least 4 members (excludes halogenated alkanes) is 3. The van der Waals surface area contributed by atoms with Crippen molar-refractivity contribution in [1.82, 2.24) is 15.5 Å². The number of likely N-dealkylation sites (tertiary alicyclic amines) is 1. The minimum Gasteiger partial charge on any atom is -0.396 e. The molecule has 3 amide bonds. The molecule has 3 saturated heterocycles. The second-order valence-electron chi connectivity index (χ2n) is 9.18. The molecule has 7 nitrogen and oxygen atoms in total. The predicted molar refractivity (Wildman–Crippen MR) is 118 cm³/mol. The zero-order valence-electron chi connectivity index (χ0n) is 18.5. The van der Waals surface area contributed by atoms with Gasteiger partial charge < -0.3 is 20.6 Å². The first-order chi connectivity index (χ1) is 14.4. The van der Waals surface area contributed by atoms with Gasteiger partial charge in [0, 0.05) is 31.0 Å². The van der Waals surface area contributed by atoms with E-state index in [1.54, 1.807) is 16.7 Å². The van der Waals surface area contributed by atoms with Gasteiger partial charge in [0.1, 0.15) is 6.04 Å². The Labute approximate surface area is 184 Å². The highest BCUT2D eigenvalue weighted by Crippen LogP contribution is 2.66. The quantitative estimate of drug-likeness (QED) is 0.426. The van der Waals surface area contributed by atoms with Crippen LogP contribution in [0, 0.1) is 11.8 Å². The first-order valence-electron chi connectivity index (χ1n) is 11.5. The van der Waals surface area contributed by atoms with Crippen LogP contribution in [-0.2, 0) is 14.4 Å². The number of aliphatic hydroxyl groups is 1. The molecule has 0 radical (unpaired) electrons. The molecule has 8 heteroatoms. The minimum atomic E-state index is -0.505. The van der Waals surface area contributed by atoms with Crippen LogP contribution in [0.3, 0.4) is 0 Å². The molecular formula is C22H37N3O4S. The molecule has 3 N–H and O–H groups in total. The van der Waals surface area contributed by atoms with Crippen LogP contribution in [0.25, 0.3) is 0 Å². The fourth-order valence-corrected chi connectivity index (χ4v) is 7.69. The standard InChI is InChI=1S/C22H37N3O4S/c1-4-11-23-19(27)16-15-9-10-22(30-15)17(16)21(29)25(12-7-5-6-8-13-26)18(22)20(28)24-14(2)3/h14-18,26H,4-13H2,1-3H3,(H,23,27)(H,24,28)/t15-,16+,17-,18?,22?/m0/s1. The summed E-state index contributed by atoms with van der Waals surface area (Å²) in [7, 11) is 0. The summed E-state index contributed by atoms with van der Waals surface area (Å²) in [6, 6.07) is -0.504. The van der Waals surface area contributed by atoms with Crippen molar-refractivity contribution < 1.29 is 19.5 Å². The van der Waals surface area contributed by atoms with Crippen LogP contribution < -0.4 is 10.6 Å². The Morgan fingerprint density at radius 2 is 1.97 bits per heavy atom. The number of nitrogens with one attached hydrogen (secondary N) is 2. The summed E-state index contributed by atoms with van der Waals surface area (Å²) in [5.41, 5.74) is 0. The Hall–Kier alpha value is -1.28. The highest BCUT2D eigenvalue weighted by Gasteiger charge is 2.73. The molecule has 0 aromatic heterocycles. The van der Waals surface area contributed by atoms with Gasteiger partial charge in [0.05, 0.1) is 16.6 Å². The third-order valence-electron chi connectivity index (χ3n) is 6.64. The van der Waals surface area contributed by atoms with Gasteiger partial charge >= 0.3 is 0 Å². The van der Waals surface area contributed by atoms with E-state index in [1.165, 1.54) is 0 Å². The molecule has 5 atom stereocenters. The third kappa shape index (κ3) is 4.22. The number of nitrogens with zero attached hydrogens (tertiary/aromatic N) is 1. The Balaban J connectivity index is 1.83. The Morgan fingerprint density at radius 3 is 2.63 bits per heavy atom. The lowest BCUT2D eigenvalue weighted by atomic mass is 9.70. The lowest BCUT2D eigenvalue weighted by Gasteiger charge is -2.34. The molecule has 3 fully saturated rings. The molecule has 3 aliphatic heterocycles. The van der Waals surface area contributed by atoms with Crippen LogP contribution in [-0.4, -0.2) is 69.5 Å². The molecule has 3 rings (SSSR count). The zero-order valence-corrected chi connectivity index (χ0v) is 19.3. The maximum atomic E-state index is 13.6. The number of amides is 3. The van der Waals surface area contributed by atoms with E-state index >= 15 is 0 Å². The summed E-state index contributed by atoms with van der Waals surface area (Å²) in [6.45, 7) is 7.22. The number of hydrogen-bond acceptors (Lipinski definition) is 5. The van der Waals surface area contributed by atoms with Crippen molar-refractivity contribution in [2.75, 3.05) is 19.7 Å². The second-order valence-corrected chi connectivity index (χ2v) is 10.8. The molecule has 0 saturated carbocycles. The molecule has 0 aromatic rings.